The Morgan fingerprint density at radius 1 is 0.704 bits per heavy atom. The van der Waals surface area contributed by atoms with E-state index in [2.05, 4.69) is 72.6 Å². The number of benzene rings is 5. The second-order valence-electron chi connectivity index (χ2n) is 13.2. The van der Waals surface area contributed by atoms with Crippen LogP contribution in [0.25, 0.3) is 22.0 Å². The van der Waals surface area contributed by atoms with E-state index in [4.69, 9.17) is 23.9 Å². The molecule has 0 bridgehead atoms. The molecular formula is C47H48N2O5. The Labute approximate surface area is 318 Å². The lowest BCUT2D eigenvalue weighted by molar-refractivity contribution is -0.120. The van der Waals surface area contributed by atoms with E-state index >= 15 is 0 Å². The predicted molar refractivity (Wildman–Crippen MR) is 216 cm³/mol. The van der Waals surface area contributed by atoms with E-state index in [1.807, 2.05) is 79.9 Å². The van der Waals surface area contributed by atoms with E-state index < -0.39 is 5.60 Å². The highest BCUT2D eigenvalue weighted by Crippen LogP contribution is 2.42. The molecule has 0 spiro atoms. The Kier molecular flexibility index (Phi) is 12.8. The summed E-state index contributed by atoms with van der Waals surface area (Å²) in [5, 5.41) is 4.17. The number of nitrogens with zero attached hydrogens (tertiary/aromatic N) is 1. The first-order chi connectivity index (χ1) is 26.4. The predicted octanol–water partition coefficient (Wildman–Crippen LogP) is 9.46. The lowest BCUT2D eigenvalue weighted by atomic mass is 9.80. The van der Waals surface area contributed by atoms with Crippen LogP contribution in [-0.2, 0) is 32.7 Å². The SMILES string of the molecule is C=C(C)OCCc1cccc2c(-c3ccccc3)c(CC(=O)NCCCCOC(c3ccccc3)(c3ccc(OC)cc3)c3ccc(OC)cc3)cnc12. The molecule has 7 heteroatoms. The van der Waals surface area contributed by atoms with Crippen molar-refractivity contribution in [3.63, 3.8) is 0 Å². The van der Waals surface area contributed by atoms with Gasteiger partial charge in [-0.25, -0.2) is 0 Å². The van der Waals surface area contributed by atoms with Crippen LogP contribution in [0.4, 0.5) is 0 Å². The topological polar surface area (TPSA) is 78.9 Å². The van der Waals surface area contributed by atoms with Gasteiger partial charge in [-0.05, 0) is 83.0 Å². The monoisotopic (exact) mass is 720 g/mol. The van der Waals surface area contributed by atoms with Crippen LogP contribution in [0.2, 0.25) is 0 Å². The first-order valence-electron chi connectivity index (χ1n) is 18.4. The van der Waals surface area contributed by atoms with Crippen molar-refractivity contribution in [3.8, 4) is 22.6 Å². The lowest BCUT2D eigenvalue weighted by Crippen LogP contribution is -2.33. The van der Waals surface area contributed by atoms with Crippen LogP contribution in [0.15, 0.2) is 146 Å². The molecule has 1 aromatic heterocycles. The zero-order valence-corrected chi connectivity index (χ0v) is 31.3. The highest BCUT2D eigenvalue weighted by molar-refractivity contribution is 5.99. The molecule has 1 heterocycles. The van der Waals surface area contributed by atoms with E-state index in [0.29, 0.717) is 31.9 Å². The number of hydrogen-bond donors (Lipinski definition) is 1. The second kappa shape index (κ2) is 18.2. The summed E-state index contributed by atoms with van der Waals surface area (Å²) in [4.78, 5) is 18.3. The lowest BCUT2D eigenvalue weighted by Gasteiger charge is -2.36. The van der Waals surface area contributed by atoms with Crippen molar-refractivity contribution in [3.05, 3.63) is 174 Å². The van der Waals surface area contributed by atoms with Gasteiger partial charge in [0.15, 0.2) is 0 Å². The summed E-state index contributed by atoms with van der Waals surface area (Å²) < 4.78 is 23.6. The molecule has 0 saturated carbocycles. The molecule has 6 rings (SSSR count). The largest absolute Gasteiger partial charge is 0.499 e. The van der Waals surface area contributed by atoms with Crippen molar-refractivity contribution >= 4 is 16.8 Å². The van der Waals surface area contributed by atoms with Gasteiger partial charge in [-0.2, -0.15) is 0 Å². The molecule has 6 aromatic rings. The molecule has 0 aliphatic rings. The molecule has 276 valence electrons. The zero-order valence-electron chi connectivity index (χ0n) is 31.3. The molecule has 1 amide bonds. The smallest absolute Gasteiger partial charge is 0.224 e. The van der Waals surface area contributed by atoms with E-state index in [-0.39, 0.29) is 12.3 Å². The highest BCUT2D eigenvalue weighted by atomic mass is 16.5. The average molecular weight is 721 g/mol. The number of hydrogen-bond acceptors (Lipinski definition) is 6. The minimum absolute atomic E-state index is 0.0460. The maximum atomic E-state index is 13.4. The van der Waals surface area contributed by atoms with Crippen molar-refractivity contribution in [1.82, 2.24) is 10.3 Å². The summed E-state index contributed by atoms with van der Waals surface area (Å²) in [5.41, 5.74) is 7.09. The minimum atomic E-state index is -0.878. The van der Waals surface area contributed by atoms with Gasteiger partial charge in [0.2, 0.25) is 5.91 Å². The van der Waals surface area contributed by atoms with Crippen LogP contribution < -0.4 is 14.8 Å². The van der Waals surface area contributed by atoms with Crippen molar-refractivity contribution < 1.29 is 23.7 Å². The molecule has 0 unspecified atom stereocenters. The number of ether oxygens (including phenoxy) is 4. The summed E-state index contributed by atoms with van der Waals surface area (Å²) in [5.74, 6) is 2.19. The van der Waals surface area contributed by atoms with Gasteiger partial charge in [-0.15, -0.1) is 0 Å². The molecule has 0 aliphatic heterocycles. The molecule has 1 N–H and O–H groups in total. The number of nitrogens with one attached hydrogen (secondary N) is 1. The zero-order chi connectivity index (χ0) is 37.8. The summed E-state index contributed by atoms with van der Waals surface area (Å²) in [7, 11) is 3.33. The van der Waals surface area contributed by atoms with E-state index in [9.17, 15) is 4.79 Å². The highest BCUT2D eigenvalue weighted by Gasteiger charge is 2.37. The van der Waals surface area contributed by atoms with Crippen molar-refractivity contribution in [1.29, 1.82) is 0 Å². The number of fused-ring (bicyclic) bond motifs is 1. The van der Waals surface area contributed by atoms with Crippen LogP contribution in [0.1, 0.15) is 47.6 Å². The number of unbranched alkanes of at least 4 members (excludes halogenated alkanes) is 1. The van der Waals surface area contributed by atoms with Gasteiger partial charge in [0.1, 0.15) is 17.1 Å². The van der Waals surface area contributed by atoms with Crippen LogP contribution in [0.3, 0.4) is 0 Å². The Bertz CT molecular complexity index is 2080. The van der Waals surface area contributed by atoms with Crippen LogP contribution in [0.5, 0.6) is 11.5 Å². The van der Waals surface area contributed by atoms with Gasteiger partial charge in [0.05, 0.1) is 38.5 Å². The molecule has 0 aliphatic carbocycles. The number of amides is 1. The second-order valence-corrected chi connectivity index (χ2v) is 13.2. The van der Waals surface area contributed by atoms with Crippen molar-refractivity contribution in [2.24, 2.45) is 0 Å². The number of methoxy groups -OCH3 is 2. The fourth-order valence-corrected chi connectivity index (χ4v) is 6.93. The molecule has 5 aromatic carbocycles. The third-order valence-corrected chi connectivity index (χ3v) is 9.58. The third kappa shape index (κ3) is 8.81. The number of aromatic nitrogens is 1. The molecule has 7 nitrogen and oxygen atoms in total. The molecule has 0 radical (unpaired) electrons. The summed E-state index contributed by atoms with van der Waals surface area (Å²) >= 11 is 0. The van der Waals surface area contributed by atoms with Gasteiger partial charge in [0.25, 0.3) is 0 Å². The Morgan fingerprint density at radius 3 is 1.93 bits per heavy atom. The maximum Gasteiger partial charge on any atom is 0.224 e. The number of rotatable bonds is 18. The Hall–Kier alpha value is -5.92. The van der Waals surface area contributed by atoms with Crippen molar-refractivity contribution in [2.45, 2.75) is 38.2 Å². The van der Waals surface area contributed by atoms with Gasteiger partial charge < -0.3 is 24.3 Å². The van der Waals surface area contributed by atoms with Crippen molar-refractivity contribution in [2.75, 3.05) is 34.0 Å². The number of carbonyl (C=O) groups is 1. The third-order valence-electron chi connectivity index (χ3n) is 9.58. The van der Waals surface area contributed by atoms with Gasteiger partial charge in [-0.3, -0.25) is 9.78 Å². The molecule has 0 fully saturated rings. The standard InChI is InChI=1S/C47H48N2O5/c1-34(2)53-31-28-36-16-13-19-43-45(35-14-7-5-8-15-35)37(33-49-46(36)43)32-44(50)48-29-11-12-30-54-47(38-17-9-6-10-18-38,39-20-24-41(51-3)25-21-39)40-22-26-42(52-4)27-23-40/h5-10,13-27,33H,1,11-12,28-32H2,2-4H3,(H,48,50). The molecule has 0 saturated heterocycles. The molecule has 0 atom stereocenters. The van der Waals surface area contributed by atoms with E-state index in [1.165, 1.54) is 0 Å². The Morgan fingerprint density at radius 2 is 1.31 bits per heavy atom. The van der Waals surface area contributed by atoms with Crippen LogP contribution >= 0.6 is 0 Å². The number of para-hydroxylation sites is 1. The summed E-state index contributed by atoms with van der Waals surface area (Å²) in [6.07, 6.45) is 4.27. The van der Waals surface area contributed by atoms with E-state index in [0.717, 1.165) is 74.2 Å². The quantitative estimate of drug-likeness (QED) is 0.0542. The number of carbonyl (C=O) groups excluding carboxylic acids is 1. The van der Waals surface area contributed by atoms with Gasteiger partial charge in [0, 0.05) is 31.2 Å². The van der Waals surface area contributed by atoms with Crippen LogP contribution in [0, 0.1) is 0 Å². The Balaban J connectivity index is 1.15. The summed E-state index contributed by atoms with van der Waals surface area (Å²) in [6, 6.07) is 42.8. The molecule has 54 heavy (non-hydrogen) atoms. The van der Waals surface area contributed by atoms with Crippen LogP contribution in [-0.4, -0.2) is 44.9 Å². The normalized spacial score (nSPS) is 11.2. The minimum Gasteiger partial charge on any atom is -0.499 e. The van der Waals surface area contributed by atoms with Gasteiger partial charge >= 0.3 is 0 Å². The molecular weight excluding hydrogens is 673 g/mol. The first kappa shape index (κ1) is 37.8. The first-order valence-corrected chi connectivity index (χ1v) is 18.4. The fourth-order valence-electron chi connectivity index (χ4n) is 6.93. The summed E-state index contributed by atoms with van der Waals surface area (Å²) in [6.45, 7) is 7.22. The number of pyridine rings is 1. The maximum absolute atomic E-state index is 13.4. The number of allylic oxidation sites excluding steroid dienone is 1. The van der Waals surface area contributed by atoms with E-state index in [1.54, 1.807) is 14.2 Å². The fraction of sp³-hybridized carbons (Fsp3) is 0.234. The average Bonchev–Trinajstić information content (AvgIpc) is 3.21. The van der Waals surface area contributed by atoms with Gasteiger partial charge in [-0.1, -0.05) is 110 Å².